The van der Waals surface area contributed by atoms with E-state index in [2.05, 4.69) is 4.98 Å². The van der Waals surface area contributed by atoms with Gasteiger partial charge in [0.15, 0.2) is 5.78 Å². The zero-order chi connectivity index (χ0) is 16.5. The average molecular weight is 313 g/mol. The van der Waals surface area contributed by atoms with E-state index in [0.717, 1.165) is 16.5 Å². The molecule has 0 atom stereocenters. The van der Waals surface area contributed by atoms with Gasteiger partial charge < -0.3 is 5.73 Å². The first kappa shape index (κ1) is 14.2. The Balaban J connectivity index is 1.75. The van der Waals surface area contributed by atoms with Gasteiger partial charge in [-0.1, -0.05) is 48.5 Å². The highest BCUT2D eigenvalue weighted by Gasteiger charge is 2.09. The lowest BCUT2D eigenvalue weighted by Crippen LogP contribution is -2.01. The molecule has 3 aromatic carbocycles. The van der Waals surface area contributed by atoms with Crippen LogP contribution < -0.4 is 5.73 Å². The van der Waals surface area contributed by atoms with Crippen LogP contribution in [0.5, 0.6) is 0 Å². The van der Waals surface area contributed by atoms with E-state index in [1.807, 2.05) is 77.5 Å². The fourth-order valence-corrected chi connectivity index (χ4v) is 2.81. The molecule has 4 heteroatoms. The molecule has 0 radical (unpaired) electrons. The third-order valence-corrected chi connectivity index (χ3v) is 4.07. The largest absolute Gasteiger partial charge is 0.369 e. The number of imidazole rings is 1. The predicted molar refractivity (Wildman–Crippen MR) is 95.4 cm³/mol. The SMILES string of the molecule is Nc1nccn1-c1ccc2cc(C(=O)c3ccccc3)ccc2c1. The Kier molecular flexibility index (Phi) is 3.35. The van der Waals surface area contributed by atoms with Gasteiger partial charge in [0, 0.05) is 29.2 Å². The molecule has 0 aliphatic heterocycles. The zero-order valence-corrected chi connectivity index (χ0v) is 12.9. The van der Waals surface area contributed by atoms with Crippen LogP contribution in [0.1, 0.15) is 15.9 Å². The van der Waals surface area contributed by atoms with Crippen molar-refractivity contribution in [3.8, 4) is 5.69 Å². The van der Waals surface area contributed by atoms with Crippen LogP contribution in [-0.4, -0.2) is 15.3 Å². The minimum Gasteiger partial charge on any atom is -0.369 e. The first-order valence-electron chi connectivity index (χ1n) is 7.65. The quantitative estimate of drug-likeness (QED) is 0.585. The molecule has 0 aliphatic rings. The number of carbonyl (C=O) groups excluding carboxylic acids is 1. The monoisotopic (exact) mass is 313 g/mol. The Bertz CT molecular complexity index is 1040. The number of hydrogen-bond acceptors (Lipinski definition) is 3. The van der Waals surface area contributed by atoms with Crippen LogP contribution in [0.4, 0.5) is 5.95 Å². The van der Waals surface area contributed by atoms with Crippen molar-refractivity contribution in [3.63, 3.8) is 0 Å². The highest BCUT2D eigenvalue weighted by molar-refractivity contribution is 6.10. The number of nitrogens with zero attached hydrogens (tertiary/aromatic N) is 2. The predicted octanol–water partition coefficient (Wildman–Crippen LogP) is 3.84. The number of aromatic nitrogens is 2. The van der Waals surface area contributed by atoms with Crippen molar-refractivity contribution < 1.29 is 4.79 Å². The topological polar surface area (TPSA) is 60.9 Å². The summed E-state index contributed by atoms with van der Waals surface area (Å²) in [6, 6.07) is 21.0. The molecular weight excluding hydrogens is 298 g/mol. The summed E-state index contributed by atoms with van der Waals surface area (Å²) in [5.74, 6) is 0.477. The average Bonchev–Trinajstić information content (AvgIpc) is 3.07. The second-order valence-corrected chi connectivity index (χ2v) is 5.60. The van der Waals surface area contributed by atoms with Crippen molar-refractivity contribution in [2.75, 3.05) is 5.73 Å². The standard InChI is InChI=1S/C20H15N3O/c21-20-22-10-11-23(20)18-9-8-15-12-17(7-6-16(15)13-18)19(24)14-4-2-1-3-5-14/h1-13H,(H2,21,22). The second kappa shape index (κ2) is 5.66. The first-order valence-corrected chi connectivity index (χ1v) is 7.65. The minimum absolute atomic E-state index is 0.0282. The number of hydrogen-bond donors (Lipinski definition) is 1. The normalized spacial score (nSPS) is 10.8. The molecule has 4 nitrogen and oxygen atoms in total. The number of nitrogen functional groups attached to an aromatic ring is 1. The summed E-state index contributed by atoms with van der Waals surface area (Å²) in [4.78, 5) is 16.6. The lowest BCUT2D eigenvalue weighted by atomic mass is 10.00. The van der Waals surface area contributed by atoms with Crippen LogP contribution in [0.2, 0.25) is 0 Å². The molecule has 0 saturated carbocycles. The van der Waals surface area contributed by atoms with E-state index in [4.69, 9.17) is 5.73 Å². The molecule has 0 bridgehead atoms. The third-order valence-electron chi connectivity index (χ3n) is 4.07. The Morgan fingerprint density at radius 3 is 2.38 bits per heavy atom. The van der Waals surface area contributed by atoms with Gasteiger partial charge >= 0.3 is 0 Å². The van der Waals surface area contributed by atoms with Gasteiger partial charge in [-0.15, -0.1) is 0 Å². The van der Waals surface area contributed by atoms with Gasteiger partial charge in [-0.05, 0) is 29.0 Å². The van der Waals surface area contributed by atoms with Crippen LogP contribution in [-0.2, 0) is 0 Å². The number of ketones is 1. The van der Waals surface area contributed by atoms with E-state index in [1.165, 1.54) is 0 Å². The summed E-state index contributed by atoms with van der Waals surface area (Å²) in [5.41, 5.74) is 8.17. The lowest BCUT2D eigenvalue weighted by Gasteiger charge is -2.08. The molecule has 0 saturated heterocycles. The molecule has 0 amide bonds. The molecule has 24 heavy (non-hydrogen) atoms. The van der Waals surface area contributed by atoms with Gasteiger partial charge in [0.05, 0.1) is 0 Å². The Morgan fingerprint density at radius 2 is 1.62 bits per heavy atom. The number of benzene rings is 3. The fourth-order valence-electron chi connectivity index (χ4n) is 2.81. The maximum absolute atomic E-state index is 12.6. The Morgan fingerprint density at radius 1 is 0.875 bits per heavy atom. The summed E-state index contributed by atoms with van der Waals surface area (Å²) >= 11 is 0. The molecule has 116 valence electrons. The van der Waals surface area contributed by atoms with E-state index in [9.17, 15) is 4.79 Å². The van der Waals surface area contributed by atoms with Gasteiger partial charge in [-0.2, -0.15) is 0 Å². The van der Waals surface area contributed by atoms with Crippen LogP contribution >= 0.6 is 0 Å². The van der Waals surface area contributed by atoms with Gasteiger partial charge in [-0.25, -0.2) is 4.98 Å². The molecule has 1 aromatic heterocycles. The van der Waals surface area contributed by atoms with E-state index in [1.54, 1.807) is 6.20 Å². The van der Waals surface area contributed by atoms with E-state index in [-0.39, 0.29) is 5.78 Å². The molecule has 4 aromatic rings. The molecule has 2 N–H and O–H groups in total. The number of carbonyl (C=O) groups is 1. The molecule has 1 heterocycles. The van der Waals surface area contributed by atoms with Crippen molar-refractivity contribution in [2.45, 2.75) is 0 Å². The highest BCUT2D eigenvalue weighted by Crippen LogP contribution is 2.22. The molecule has 4 rings (SSSR count). The number of anilines is 1. The molecule has 0 spiro atoms. The van der Waals surface area contributed by atoms with Gasteiger partial charge in [-0.3, -0.25) is 9.36 Å². The fraction of sp³-hybridized carbons (Fsp3) is 0. The van der Waals surface area contributed by atoms with E-state index >= 15 is 0 Å². The Labute approximate surface area is 139 Å². The number of fused-ring (bicyclic) bond motifs is 1. The zero-order valence-electron chi connectivity index (χ0n) is 12.9. The lowest BCUT2D eigenvalue weighted by molar-refractivity contribution is 0.103. The van der Waals surface area contributed by atoms with E-state index in [0.29, 0.717) is 17.1 Å². The van der Waals surface area contributed by atoms with Crippen molar-refractivity contribution in [3.05, 3.63) is 90.3 Å². The molecule has 0 aliphatic carbocycles. The van der Waals surface area contributed by atoms with Crippen molar-refractivity contribution in [1.82, 2.24) is 9.55 Å². The summed E-state index contributed by atoms with van der Waals surface area (Å²) in [5, 5.41) is 2.06. The summed E-state index contributed by atoms with van der Waals surface area (Å²) in [6.07, 6.45) is 3.49. The second-order valence-electron chi connectivity index (χ2n) is 5.60. The third kappa shape index (κ3) is 2.44. The molecule has 0 unspecified atom stereocenters. The van der Waals surface area contributed by atoms with Crippen LogP contribution in [0.25, 0.3) is 16.5 Å². The van der Waals surface area contributed by atoms with Crippen LogP contribution in [0.15, 0.2) is 79.1 Å². The number of nitrogens with two attached hydrogens (primary N) is 1. The first-order chi connectivity index (χ1) is 11.7. The summed E-state index contributed by atoms with van der Waals surface area (Å²) in [6.45, 7) is 0. The van der Waals surface area contributed by atoms with Crippen molar-refractivity contribution in [1.29, 1.82) is 0 Å². The Hall–Kier alpha value is -3.40. The van der Waals surface area contributed by atoms with Gasteiger partial charge in [0.25, 0.3) is 0 Å². The molecular formula is C20H15N3O. The van der Waals surface area contributed by atoms with Crippen LogP contribution in [0, 0.1) is 0 Å². The van der Waals surface area contributed by atoms with E-state index < -0.39 is 0 Å². The van der Waals surface area contributed by atoms with Gasteiger partial charge in [0.2, 0.25) is 5.95 Å². The minimum atomic E-state index is 0.0282. The number of rotatable bonds is 3. The van der Waals surface area contributed by atoms with Crippen molar-refractivity contribution in [2.24, 2.45) is 0 Å². The van der Waals surface area contributed by atoms with Crippen molar-refractivity contribution >= 4 is 22.5 Å². The maximum Gasteiger partial charge on any atom is 0.204 e. The van der Waals surface area contributed by atoms with Gasteiger partial charge in [0.1, 0.15) is 0 Å². The summed E-state index contributed by atoms with van der Waals surface area (Å²) < 4.78 is 1.82. The molecule has 0 fully saturated rings. The highest BCUT2D eigenvalue weighted by atomic mass is 16.1. The maximum atomic E-state index is 12.6. The summed E-state index contributed by atoms with van der Waals surface area (Å²) in [7, 11) is 0. The smallest absolute Gasteiger partial charge is 0.204 e. The van der Waals surface area contributed by atoms with Crippen LogP contribution in [0.3, 0.4) is 0 Å².